The van der Waals surface area contributed by atoms with Crippen LogP contribution in [0.25, 0.3) is 6.08 Å². The van der Waals surface area contributed by atoms with Crippen LogP contribution in [0, 0.1) is 10.1 Å². The van der Waals surface area contributed by atoms with Gasteiger partial charge >= 0.3 is 0 Å². The van der Waals surface area contributed by atoms with Gasteiger partial charge in [0, 0.05) is 30.4 Å². The van der Waals surface area contributed by atoms with Gasteiger partial charge < -0.3 is 15.0 Å². The highest BCUT2D eigenvalue weighted by atomic mass is 16.6. The third-order valence-electron chi connectivity index (χ3n) is 4.01. The fourth-order valence-electron chi connectivity index (χ4n) is 2.67. The molecule has 28 heavy (non-hydrogen) atoms. The van der Waals surface area contributed by atoms with Gasteiger partial charge in [0.05, 0.1) is 10.6 Å². The Balaban J connectivity index is 1.71. The molecule has 0 saturated heterocycles. The zero-order valence-electron chi connectivity index (χ0n) is 14.8. The number of amides is 2. The highest BCUT2D eigenvalue weighted by Gasteiger charge is 2.24. The van der Waals surface area contributed by atoms with Crippen molar-refractivity contribution in [2.24, 2.45) is 0 Å². The number of carbonyl (C=O) groups excluding carboxylic acids is 2. The molecular formula is C20H17N3O5. The Morgan fingerprint density at radius 1 is 1.29 bits per heavy atom. The average Bonchev–Trinajstić information content (AvgIpc) is 2.69. The lowest BCUT2D eigenvalue weighted by atomic mass is 10.2. The molecule has 2 aromatic carbocycles. The molecule has 2 amide bonds. The maximum atomic E-state index is 12.2. The topological polar surface area (TPSA) is 102 Å². The first-order valence-electron chi connectivity index (χ1n) is 8.39. The summed E-state index contributed by atoms with van der Waals surface area (Å²) in [7, 11) is 0. The molecule has 0 unspecified atom stereocenters. The molecule has 3 rings (SSSR count). The Kier molecular flexibility index (Phi) is 5.50. The molecule has 0 aromatic heterocycles. The zero-order valence-corrected chi connectivity index (χ0v) is 14.8. The lowest BCUT2D eigenvalue weighted by Crippen LogP contribution is -2.38. The molecule has 0 aliphatic carbocycles. The molecule has 2 aromatic rings. The smallest absolute Gasteiger partial charge is 0.269 e. The second-order valence-electron chi connectivity index (χ2n) is 5.94. The number of hydrogen-bond donors (Lipinski definition) is 1. The zero-order chi connectivity index (χ0) is 20.1. The summed E-state index contributed by atoms with van der Waals surface area (Å²) in [6.07, 6.45) is 4.49. The van der Waals surface area contributed by atoms with E-state index in [9.17, 15) is 19.7 Å². The number of fused-ring (bicyclic) bond motifs is 1. The lowest BCUT2D eigenvalue weighted by Gasteiger charge is -2.28. The van der Waals surface area contributed by atoms with Crippen molar-refractivity contribution in [1.29, 1.82) is 0 Å². The van der Waals surface area contributed by atoms with E-state index in [4.69, 9.17) is 4.74 Å². The van der Waals surface area contributed by atoms with Crippen LogP contribution in [0.4, 0.5) is 17.1 Å². The van der Waals surface area contributed by atoms with E-state index in [-0.39, 0.29) is 24.1 Å². The predicted octanol–water partition coefficient (Wildman–Crippen LogP) is 3.16. The summed E-state index contributed by atoms with van der Waals surface area (Å²) in [6, 6.07) is 10.9. The van der Waals surface area contributed by atoms with E-state index in [0.717, 1.165) is 0 Å². The first-order valence-corrected chi connectivity index (χ1v) is 8.39. The summed E-state index contributed by atoms with van der Waals surface area (Å²) in [5.41, 5.74) is 1.71. The molecule has 0 bridgehead atoms. The minimum atomic E-state index is -0.486. The van der Waals surface area contributed by atoms with Gasteiger partial charge in [-0.1, -0.05) is 6.08 Å². The van der Waals surface area contributed by atoms with E-state index < -0.39 is 4.92 Å². The fraction of sp³-hybridized carbons (Fsp3) is 0.100. The number of nitro groups is 1. The summed E-state index contributed by atoms with van der Waals surface area (Å²) in [6.45, 7) is 3.95. The molecule has 8 heteroatoms. The van der Waals surface area contributed by atoms with Crippen molar-refractivity contribution in [2.45, 2.75) is 0 Å². The van der Waals surface area contributed by atoms with Crippen LogP contribution in [0.3, 0.4) is 0 Å². The molecule has 1 aliphatic rings. The van der Waals surface area contributed by atoms with Gasteiger partial charge in [0.25, 0.3) is 11.6 Å². The minimum Gasteiger partial charge on any atom is -0.482 e. The lowest BCUT2D eigenvalue weighted by molar-refractivity contribution is -0.384. The molecule has 1 heterocycles. The normalized spacial score (nSPS) is 13.0. The number of ether oxygens (including phenoxy) is 1. The number of rotatable bonds is 6. The van der Waals surface area contributed by atoms with Crippen LogP contribution >= 0.6 is 0 Å². The number of nitro benzene ring substituents is 1. The second-order valence-corrected chi connectivity index (χ2v) is 5.94. The third kappa shape index (κ3) is 4.24. The number of carbonyl (C=O) groups is 2. The maximum absolute atomic E-state index is 12.2. The van der Waals surface area contributed by atoms with Crippen LogP contribution in [-0.2, 0) is 9.59 Å². The molecule has 0 radical (unpaired) electrons. The highest BCUT2D eigenvalue weighted by Crippen LogP contribution is 2.34. The number of nitrogens with one attached hydrogen (secondary N) is 1. The van der Waals surface area contributed by atoms with Crippen molar-refractivity contribution in [3.8, 4) is 5.75 Å². The van der Waals surface area contributed by atoms with Gasteiger partial charge in [0.15, 0.2) is 6.61 Å². The third-order valence-corrected chi connectivity index (χ3v) is 4.01. The standard InChI is InChI=1S/C20H17N3O5/c1-2-11-22-17-12-15(6-9-18(17)28-13-20(22)25)21-19(24)10-5-14-3-7-16(8-4-14)23(26)27/h2-10,12H,1,11,13H2,(H,21,24)/b10-5+. The molecule has 0 fully saturated rings. The largest absolute Gasteiger partial charge is 0.482 e. The quantitative estimate of drug-likeness (QED) is 0.359. The Bertz CT molecular complexity index is 966. The van der Waals surface area contributed by atoms with Crippen LogP contribution < -0.4 is 15.0 Å². The first kappa shape index (κ1) is 18.8. The van der Waals surface area contributed by atoms with Gasteiger partial charge in [-0.15, -0.1) is 6.58 Å². The first-order chi connectivity index (χ1) is 13.5. The monoisotopic (exact) mass is 379 g/mol. The molecule has 1 N–H and O–H groups in total. The van der Waals surface area contributed by atoms with E-state index in [2.05, 4.69) is 11.9 Å². The van der Waals surface area contributed by atoms with Gasteiger partial charge in [-0.25, -0.2) is 0 Å². The van der Waals surface area contributed by atoms with E-state index in [1.54, 1.807) is 42.5 Å². The molecule has 0 saturated carbocycles. The molecule has 0 spiro atoms. The molecular weight excluding hydrogens is 362 g/mol. The van der Waals surface area contributed by atoms with E-state index >= 15 is 0 Å². The van der Waals surface area contributed by atoms with Gasteiger partial charge in [-0.2, -0.15) is 0 Å². The van der Waals surface area contributed by atoms with Crippen LogP contribution in [0.1, 0.15) is 5.56 Å². The van der Waals surface area contributed by atoms with E-state index in [0.29, 0.717) is 29.2 Å². The summed E-state index contributed by atoms with van der Waals surface area (Å²) >= 11 is 0. The number of hydrogen-bond acceptors (Lipinski definition) is 5. The van der Waals surface area contributed by atoms with Gasteiger partial charge in [0.1, 0.15) is 5.75 Å². The predicted molar refractivity (Wildman–Crippen MR) is 105 cm³/mol. The number of non-ortho nitro benzene ring substituents is 1. The van der Waals surface area contributed by atoms with Crippen LogP contribution in [0.5, 0.6) is 5.75 Å². The maximum Gasteiger partial charge on any atom is 0.269 e. The van der Waals surface area contributed by atoms with Crippen molar-refractivity contribution in [2.75, 3.05) is 23.4 Å². The SMILES string of the molecule is C=CCN1C(=O)COc2ccc(NC(=O)/C=C/c3ccc([N+](=O)[O-])cc3)cc21. The summed E-state index contributed by atoms with van der Waals surface area (Å²) in [5.74, 6) is -0.00792. The highest BCUT2D eigenvalue weighted by molar-refractivity contribution is 6.03. The number of anilines is 2. The number of nitrogens with zero attached hydrogens (tertiary/aromatic N) is 2. The molecule has 0 atom stereocenters. The van der Waals surface area contributed by atoms with Crippen LogP contribution in [-0.4, -0.2) is 29.9 Å². The Morgan fingerprint density at radius 3 is 2.71 bits per heavy atom. The fourth-order valence-corrected chi connectivity index (χ4v) is 2.67. The Hall–Kier alpha value is -3.94. The number of benzene rings is 2. The van der Waals surface area contributed by atoms with Crippen molar-refractivity contribution in [1.82, 2.24) is 0 Å². The van der Waals surface area contributed by atoms with E-state index in [1.165, 1.54) is 23.1 Å². The summed E-state index contributed by atoms with van der Waals surface area (Å²) < 4.78 is 5.40. The van der Waals surface area contributed by atoms with Crippen molar-refractivity contribution >= 4 is 35.0 Å². The Labute approximate surface area is 160 Å². The van der Waals surface area contributed by atoms with Gasteiger partial charge in [-0.3, -0.25) is 19.7 Å². The second kappa shape index (κ2) is 8.17. The van der Waals surface area contributed by atoms with Crippen LogP contribution in [0.15, 0.2) is 61.2 Å². The molecule has 8 nitrogen and oxygen atoms in total. The average molecular weight is 379 g/mol. The van der Waals surface area contributed by atoms with Crippen molar-refractivity contribution < 1.29 is 19.2 Å². The van der Waals surface area contributed by atoms with Crippen molar-refractivity contribution in [3.05, 3.63) is 76.9 Å². The van der Waals surface area contributed by atoms with Crippen LogP contribution in [0.2, 0.25) is 0 Å². The van der Waals surface area contributed by atoms with Gasteiger partial charge in [-0.05, 0) is 42.0 Å². The summed E-state index contributed by atoms with van der Waals surface area (Å²) in [4.78, 5) is 35.9. The molecule has 142 valence electrons. The summed E-state index contributed by atoms with van der Waals surface area (Å²) in [5, 5.41) is 13.4. The minimum absolute atomic E-state index is 0.0171. The van der Waals surface area contributed by atoms with Crippen molar-refractivity contribution in [3.63, 3.8) is 0 Å². The van der Waals surface area contributed by atoms with Gasteiger partial charge in [0.2, 0.25) is 5.91 Å². The Morgan fingerprint density at radius 2 is 2.04 bits per heavy atom. The molecule has 1 aliphatic heterocycles. The van der Waals surface area contributed by atoms with E-state index in [1.807, 2.05) is 0 Å².